The number of carbonyl (C=O) groups is 1. The fourth-order valence-corrected chi connectivity index (χ4v) is 1.82. The molecule has 0 N–H and O–H groups in total. The summed E-state index contributed by atoms with van der Waals surface area (Å²) in [4.78, 5) is 31.3. The third-order valence-electron chi connectivity index (χ3n) is 3.00. The lowest BCUT2D eigenvalue weighted by molar-refractivity contribution is -0.367. The van der Waals surface area contributed by atoms with Crippen LogP contribution in [0.5, 0.6) is 0 Å². The molecule has 0 aromatic carbocycles. The Bertz CT molecular complexity index is 282. The number of carbonyl (C=O) groups excluding carboxylic acids is 1. The van der Waals surface area contributed by atoms with Gasteiger partial charge in [0.25, 0.3) is 0 Å². The van der Waals surface area contributed by atoms with E-state index in [0.29, 0.717) is 19.6 Å². The van der Waals surface area contributed by atoms with Gasteiger partial charge in [0.15, 0.2) is 6.10 Å². The number of hydrogen-bond acceptors (Lipinski definition) is 6. The number of hydrogen-bond donors (Lipinski definition) is 0. The van der Waals surface area contributed by atoms with Gasteiger partial charge in [-0.15, -0.1) is 6.58 Å². The molecule has 0 amide bonds. The highest BCUT2D eigenvalue weighted by Gasteiger charge is 2.14. The Morgan fingerprint density at radius 2 is 1.65 bits per heavy atom. The summed E-state index contributed by atoms with van der Waals surface area (Å²) in [6.45, 7) is 8.40. The molecule has 0 radical (unpaired) electrons. The average Bonchev–Trinajstić information content (AvgIpc) is 2.56. The highest BCUT2D eigenvalue weighted by molar-refractivity contribution is 5.69. The molecule has 0 aliphatic rings. The molecule has 0 aliphatic heterocycles. The molecule has 0 fully saturated rings. The minimum atomic E-state index is -0.496. The van der Waals surface area contributed by atoms with Crippen LogP contribution in [0.15, 0.2) is 12.7 Å². The van der Waals surface area contributed by atoms with Crippen LogP contribution in [0.3, 0.4) is 0 Å². The monoisotopic (exact) mass is 332 g/mol. The predicted molar refractivity (Wildman–Crippen MR) is 87.6 cm³/mol. The van der Waals surface area contributed by atoms with Crippen molar-refractivity contribution in [1.29, 1.82) is 0 Å². The zero-order valence-corrected chi connectivity index (χ0v) is 14.6. The molecule has 0 aliphatic carbocycles. The van der Waals surface area contributed by atoms with E-state index in [9.17, 15) is 4.79 Å². The summed E-state index contributed by atoms with van der Waals surface area (Å²) in [5.41, 5.74) is 0. The van der Waals surface area contributed by atoms with E-state index in [4.69, 9.17) is 24.3 Å². The van der Waals surface area contributed by atoms with Gasteiger partial charge in [-0.2, -0.15) is 0 Å². The fourth-order valence-electron chi connectivity index (χ4n) is 1.82. The summed E-state index contributed by atoms with van der Waals surface area (Å²) in [6, 6.07) is 0. The molecule has 0 saturated carbocycles. The molecular weight excluding hydrogens is 300 g/mol. The molecule has 0 bridgehead atoms. The van der Waals surface area contributed by atoms with E-state index in [1.165, 1.54) is 12.8 Å². The highest BCUT2D eigenvalue weighted by atomic mass is 17.2. The SMILES string of the molecule is C=CCCCCCCCC(=O)OCC(COOCC)OOCC. The minimum absolute atomic E-state index is 0.0885. The Balaban J connectivity index is 3.68. The molecule has 1 unspecified atom stereocenters. The molecule has 0 aromatic rings. The third kappa shape index (κ3) is 15.7. The molecule has 6 heteroatoms. The zero-order valence-electron chi connectivity index (χ0n) is 14.6. The van der Waals surface area contributed by atoms with E-state index in [2.05, 4.69) is 6.58 Å². The number of rotatable bonds is 17. The van der Waals surface area contributed by atoms with Crippen molar-refractivity contribution in [2.45, 2.75) is 64.9 Å². The molecule has 0 rings (SSSR count). The van der Waals surface area contributed by atoms with Crippen LogP contribution in [-0.4, -0.2) is 38.5 Å². The van der Waals surface area contributed by atoms with Crippen molar-refractivity contribution in [3.8, 4) is 0 Å². The molecule has 6 nitrogen and oxygen atoms in total. The van der Waals surface area contributed by atoms with Crippen molar-refractivity contribution < 1.29 is 29.1 Å². The van der Waals surface area contributed by atoms with Crippen molar-refractivity contribution in [3.05, 3.63) is 12.7 Å². The largest absolute Gasteiger partial charge is 0.463 e. The lowest BCUT2D eigenvalue weighted by Gasteiger charge is -2.15. The predicted octanol–water partition coefficient (Wildman–Crippen LogP) is 3.75. The Morgan fingerprint density at radius 3 is 2.35 bits per heavy atom. The molecule has 0 spiro atoms. The summed E-state index contributed by atoms with van der Waals surface area (Å²) in [5, 5.41) is 0. The smallest absolute Gasteiger partial charge is 0.305 e. The van der Waals surface area contributed by atoms with Crippen LogP contribution in [0, 0.1) is 0 Å². The van der Waals surface area contributed by atoms with E-state index in [0.717, 1.165) is 25.7 Å². The van der Waals surface area contributed by atoms with Gasteiger partial charge in [0.2, 0.25) is 0 Å². The van der Waals surface area contributed by atoms with Crippen LogP contribution in [0.4, 0.5) is 0 Å². The maximum absolute atomic E-state index is 11.7. The lowest BCUT2D eigenvalue weighted by atomic mass is 10.1. The summed E-state index contributed by atoms with van der Waals surface area (Å²) >= 11 is 0. The van der Waals surface area contributed by atoms with Crippen molar-refractivity contribution >= 4 is 5.97 Å². The van der Waals surface area contributed by atoms with E-state index < -0.39 is 6.10 Å². The van der Waals surface area contributed by atoms with Crippen LogP contribution in [0.25, 0.3) is 0 Å². The second-order valence-electron chi connectivity index (χ2n) is 5.09. The van der Waals surface area contributed by atoms with Crippen molar-refractivity contribution in [1.82, 2.24) is 0 Å². The fraction of sp³-hybridized carbons (Fsp3) is 0.824. The van der Waals surface area contributed by atoms with Gasteiger partial charge in [0.05, 0.1) is 13.2 Å². The first-order valence-corrected chi connectivity index (χ1v) is 8.53. The van der Waals surface area contributed by atoms with Crippen LogP contribution in [-0.2, 0) is 29.1 Å². The minimum Gasteiger partial charge on any atom is -0.463 e. The van der Waals surface area contributed by atoms with Crippen LogP contribution < -0.4 is 0 Å². The van der Waals surface area contributed by atoms with Gasteiger partial charge in [0.1, 0.15) is 13.2 Å². The van der Waals surface area contributed by atoms with Crippen molar-refractivity contribution in [2.75, 3.05) is 26.4 Å². The topological polar surface area (TPSA) is 63.2 Å². The lowest BCUT2D eigenvalue weighted by Crippen LogP contribution is -2.27. The van der Waals surface area contributed by atoms with Gasteiger partial charge >= 0.3 is 5.97 Å². The second kappa shape index (κ2) is 17.4. The van der Waals surface area contributed by atoms with Gasteiger partial charge in [-0.25, -0.2) is 19.6 Å². The number of allylic oxidation sites excluding steroid dienone is 1. The average molecular weight is 332 g/mol. The first kappa shape index (κ1) is 22.1. The molecule has 1 atom stereocenters. The summed E-state index contributed by atoms with van der Waals surface area (Å²) in [7, 11) is 0. The van der Waals surface area contributed by atoms with E-state index in [1.54, 1.807) is 0 Å². The quantitative estimate of drug-likeness (QED) is 0.133. The van der Waals surface area contributed by atoms with Gasteiger partial charge < -0.3 is 4.74 Å². The maximum atomic E-state index is 11.7. The first-order valence-electron chi connectivity index (χ1n) is 8.53. The Morgan fingerprint density at radius 1 is 0.957 bits per heavy atom. The molecule has 23 heavy (non-hydrogen) atoms. The maximum Gasteiger partial charge on any atom is 0.305 e. The molecule has 136 valence electrons. The number of esters is 1. The number of ether oxygens (including phenoxy) is 1. The van der Waals surface area contributed by atoms with Gasteiger partial charge in [-0.05, 0) is 33.1 Å². The standard InChI is InChI=1S/C17H32O6/c1-4-7-8-9-10-11-12-13-17(18)19-14-16(23-21-6-3)15-22-20-5-2/h4,16H,1,5-15H2,2-3H3. The third-order valence-corrected chi connectivity index (χ3v) is 3.00. The zero-order chi connectivity index (χ0) is 17.2. The van der Waals surface area contributed by atoms with E-state index in [-0.39, 0.29) is 19.2 Å². The molecule has 0 heterocycles. The second-order valence-corrected chi connectivity index (χ2v) is 5.09. The highest BCUT2D eigenvalue weighted by Crippen LogP contribution is 2.08. The normalized spacial score (nSPS) is 12.1. The van der Waals surface area contributed by atoms with Gasteiger partial charge in [-0.1, -0.05) is 25.3 Å². The number of unbranched alkanes of at least 4 members (excludes halogenated alkanes) is 5. The van der Waals surface area contributed by atoms with Gasteiger partial charge in [0, 0.05) is 6.42 Å². The Labute approximate surface area is 139 Å². The molecule has 0 saturated heterocycles. The van der Waals surface area contributed by atoms with Crippen molar-refractivity contribution in [3.63, 3.8) is 0 Å². The van der Waals surface area contributed by atoms with Crippen molar-refractivity contribution in [2.24, 2.45) is 0 Å². The van der Waals surface area contributed by atoms with Gasteiger partial charge in [-0.3, -0.25) is 4.79 Å². The summed E-state index contributed by atoms with van der Waals surface area (Å²) in [6.07, 6.45) is 8.31. The molecule has 0 aromatic heterocycles. The summed E-state index contributed by atoms with van der Waals surface area (Å²) < 4.78 is 5.18. The van der Waals surface area contributed by atoms with E-state index >= 15 is 0 Å². The van der Waals surface area contributed by atoms with Crippen LogP contribution >= 0.6 is 0 Å². The van der Waals surface area contributed by atoms with Crippen LogP contribution in [0.1, 0.15) is 58.8 Å². The Kier molecular flexibility index (Phi) is 16.7. The van der Waals surface area contributed by atoms with Crippen LogP contribution in [0.2, 0.25) is 0 Å². The molecular formula is C17H32O6. The van der Waals surface area contributed by atoms with E-state index in [1.807, 2.05) is 19.9 Å². The summed E-state index contributed by atoms with van der Waals surface area (Å²) in [5.74, 6) is -0.224. The first-order chi connectivity index (χ1) is 11.2. The Hall–Kier alpha value is -0.950.